The summed E-state index contributed by atoms with van der Waals surface area (Å²) < 4.78 is 0. The van der Waals surface area contributed by atoms with Gasteiger partial charge in [-0.15, -0.1) is 0 Å². The van der Waals surface area contributed by atoms with Gasteiger partial charge in [0.25, 0.3) is 0 Å². The molecule has 0 unspecified atom stereocenters. The van der Waals surface area contributed by atoms with E-state index in [1.807, 2.05) is 0 Å². The molecule has 0 aliphatic carbocycles. The molecule has 0 saturated carbocycles. The maximum absolute atomic E-state index is 3.67. The summed E-state index contributed by atoms with van der Waals surface area (Å²) in [7, 11) is 0. The van der Waals surface area contributed by atoms with Crippen molar-refractivity contribution in [3.05, 3.63) is 0 Å². The number of hydrogen-bond donors (Lipinski definition) is 1. The van der Waals surface area contributed by atoms with Gasteiger partial charge < -0.3 is 0 Å². The Labute approximate surface area is 134 Å². The number of unbranched alkanes of at least 4 members (excludes halogenated alkanes) is 4. The Morgan fingerprint density at radius 3 is 1.05 bits per heavy atom. The van der Waals surface area contributed by atoms with E-state index in [0.29, 0.717) is 0 Å². The highest BCUT2D eigenvalue weighted by molar-refractivity contribution is 4.60. The smallest absolute Gasteiger partial charge is 0.0490 e. The van der Waals surface area contributed by atoms with E-state index in [2.05, 4.69) is 42.8 Å². The third kappa shape index (κ3) is 13.3. The Balaban J connectivity index is 3.96. The molecule has 0 aromatic carbocycles. The Morgan fingerprint density at radius 2 is 0.810 bits per heavy atom. The van der Waals surface area contributed by atoms with Crippen LogP contribution < -0.4 is 5.32 Å². The molecular weight excluding hydrogens is 258 g/mol. The van der Waals surface area contributed by atoms with E-state index in [1.54, 1.807) is 0 Å². The first-order valence-corrected chi connectivity index (χ1v) is 9.43. The molecule has 21 heavy (non-hydrogen) atoms. The predicted molar refractivity (Wildman–Crippen MR) is 95.6 cm³/mol. The second-order valence-corrected chi connectivity index (χ2v) is 6.22. The summed E-state index contributed by atoms with van der Waals surface area (Å²) in [6.07, 6.45) is 10.5. The van der Waals surface area contributed by atoms with Crippen LogP contribution in [0.4, 0.5) is 0 Å². The van der Waals surface area contributed by atoms with Gasteiger partial charge in [-0.2, -0.15) is 0 Å². The van der Waals surface area contributed by atoms with Crippen molar-refractivity contribution in [2.24, 2.45) is 0 Å². The van der Waals surface area contributed by atoms with Gasteiger partial charge in [-0.25, -0.2) is 0 Å². The minimum absolute atomic E-state index is 1.05. The average molecular weight is 300 g/mol. The van der Waals surface area contributed by atoms with Gasteiger partial charge in [0, 0.05) is 13.3 Å². The van der Waals surface area contributed by atoms with Crippen molar-refractivity contribution >= 4 is 0 Å². The van der Waals surface area contributed by atoms with E-state index in [1.165, 1.54) is 77.5 Å². The lowest BCUT2D eigenvalue weighted by molar-refractivity contribution is 0.194. The van der Waals surface area contributed by atoms with Gasteiger partial charge >= 0.3 is 0 Å². The molecule has 0 heterocycles. The molecule has 0 spiro atoms. The summed E-state index contributed by atoms with van der Waals surface area (Å²) >= 11 is 0. The Bertz CT molecular complexity index is 161. The molecule has 3 nitrogen and oxygen atoms in total. The molecule has 3 heteroatoms. The third-order valence-corrected chi connectivity index (χ3v) is 3.98. The molecule has 0 aromatic heterocycles. The average Bonchev–Trinajstić information content (AvgIpc) is 2.51. The van der Waals surface area contributed by atoms with Gasteiger partial charge in [0.2, 0.25) is 0 Å². The zero-order chi connectivity index (χ0) is 15.8. The summed E-state index contributed by atoms with van der Waals surface area (Å²) in [5.41, 5.74) is 0. The van der Waals surface area contributed by atoms with Crippen molar-refractivity contribution in [1.82, 2.24) is 15.1 Å². The summed E-state index contributed by atoms with van der Waals surface area (Å²) in [6, 6.07) is 0. The fraction of sp³-hybridized carbons (Fsp3) is 1.00. The van der Waals surface area contributed by atoms with Crippen LogP contribution in [0.5, 0.6) is 0 Å². The molecule has 0 fully saturated rings. The quantitative estimate of drug-likeness (QED) is 0.429. The van der Waals surface area contributed by atoms with E-state index >= 15 is 0 Å². The minimum atomic E-state index is 1.05. The van der Waals surface area contributed by atoms with Crippen LogP contribution in [0.25, 0.3) is 0 Å². The second-order valence-electron chi connectivity index (χ2n) is 6.22. The first kappa shape index (κ1) is 20.9. The lowest BCUT2D eigenvalue weighted by Gasteiger charge is -2.26. The lowest BCUT2D eigenvalue weighted by atomic mass is 10.3. The van der Waals surface area contributed by atoms with Crippen molar-refractivity contribution in [3.63, 3.8) is 0 Å². The standard InChI is InChI=1S/C18H41N3/c1-5-9-13-20(14-10-6-2)17-19-18-21(15-11-7-3)16-12-8-4/h19H,5-18H2,1-4H3. The van der Waals surface area contributed by atoms with Crippen molar-refractivity contribution in [1.29, 1.82) is 0 Å². The molecule has 0 amide bonds. The van der Waals surface area contributed by atoms with Crippen LogP contribution in [0.1, 0.15) is 79.1 Å². The molecule has 0 bridgehead atoms. The van der Waals surface area contributed by atoms with Crippen molar-refractivity contribution in [2.45, 2.75) is 79.1 Å². The van der Waals surface area contributed by atoms with Gasteiger partial charge in [-0.05, 0) is 51.9 Å². The van der Waals surface area contributed by atoms with Gasteiger partial charge in [0.05, 0.1) is 0 Å². The van der Waals surface area contributed by atoms with Gasteiger partial charge in [0.15, 0.2) is 0 Å². The van der Waals surface area contributed by atoms with Gasteiger partial charge in [0.1, 0.15) is 0 Å². The predicted octanol–water partition coefficient (Wildman–Crippen LogP) is 4.30. The van der Waals surface area contributed by atoms with Crippen LogP contribution in [0, 0.1) is 0 Å². The maximum atomic E-state index is 3.67. The molecule has 0 aliphatic heterocycles. The van der Waals surface area contributed by atoms with Crippen molar-refractivity contribution < 1.29 is 0 Å². The van der Waals surface area contributed by atoms with Crippen molar-refractivity contribution in [2.75, 3.05) is 39.5 Å². The fourth-order valence-corrected chi connectivity index (χ4v) is 2.43. The zero-order valence-corrected chi connectivity index (χ0v) is 15.3. The van der Waals surface area contributed by atoms with E-state index in [4.69, 9.17) is 0 Å². The Morgan fingerprint density at radius 1 is 0.524 bits per heavy atom. The molecule has 0 rings (SSSR count). The topological polar surface area (TPSA) is 18.5 Å². The molecule has 0 radical (unpaired) electrons. The number of hydrogen-bond acceptors (Lipinski definition) is 3. The molecule has 0 atom stereocenters. The van der Waals surface area contributed by atoms with Crippen LogP contribution >= 0.6 is 0 Å². The first-order chi connectivity index (χ1) is 10.3. The second kappa shape index (κ2) is 16.3. The highest BCUT2D eigenvalue weighted by Crippen LogP contribution is 2.00. The Kier molecular flexibility index (Phi) is 16.2. The van der Waals surface area contributed by atoms with Gasteiger partial charge in [-0.3, -0.25) is 15.1 Å². The SMILES string of the molecule is CCCCN(CCCC)CNCN(CCCC)CCCC. The molecule has 1 N–H and O–H groups in total. The lowest BCUT2D eigenvalue weighted by Crippen LogP contribution is -2.42. The van der Waals surface area contributed by atoms with Crippen LogP contribution in [0.3, 0.4) is 0 Å². The largest absolute Gasteiger partial charge is 0.292 e. The number of nitrogens with zero attached hydrogens (tertiary/aromatic N) is 2. The molecular formula is C18H41N3. The van der Waals surface area contributed by atoms with Crippen LogP contribution in [-0.2, 0) is 0 Å². The third-order valence-electron chi connectivity index (χ3n) is 3.98. The molecule has 128 valence electrons. The van der Waals surface area contributed by atoms with E-state index in [0.717, 1.165) is 13.3 Å². The molecule has 0 aromatic rings. The van der Waals surface area contributed by atoms with E-state index in [-0.39, 0.29) is 0 Å². The molecule has 0 aliphatic rings. The minimum Gasteiger partial charge on any atom is -0.292 e. The monoisotopic (exact) mass is 299 g/mol. The maximum Gasteiger partial charge on any atom is 0.0490 e. The van der Waals surface area contributed by atoms with Crippen LogP contribution in [-0.4, -0.2) is 49.3 Å². The zero-order valence-electron chi connectivity index (χ0n) is 15.3. The summed E-state index contributed by atoms with van der Waals surface area (Å²) in [5.74, 6) is 0. The van der Waals surface area contributed by atoms with Gasteiger partial charge in [-0.1, -0.05) is 53.4 Å². The highest BCUT2D eigenvalue weighted by atomic mass is 15.3. The van der Waals surface area contributed by atoms with Crippen LogP contribution in [0.2, 0.25) is 0 Å². The number of rotatable bonds is 16. The first-order valence-electron chi connectivity index (χ1n) is 9.43. The normalized spacial score (nSPS) is 11.7. The highest BCUT2D eigenvalue weighted by Gasteiger charge is 2.06. The van der Waals surface area contributed by atoms with E-state index in [9.17, 15) is 0 Å². The summed E-state index contributed by atoms with van der Waals surface area (Å²) in [6.45, 7) is 16.2. The number of nitrogens with one attached hydrogen (secondary N) is 1. The molecule has 0 saturated heterocycles. The van der Waals surface area contributed by atoms with Crippen molar-refractivity contribution in [3.8, 4) is 0 Å². The fourth-order valence-electron chi connectivity index (χ4n) is 2.43. The van der Waals surface area contributed by atoms with E-state index < -0.39 is 0 Å². The Hall–Kier alpha value is -0.120. The van der Waals surface area contributed by atoms with Crippen LogP contribution in [0.15, 0.2) is 0 Å². The summed E-state index contributed by atoms with van der Waals surface area (Å²) in [5, 5.41) is 3.67. The summed E-state index contributed by atoms with van der Waals surface area (Å²) in [4.78, 5) is 5.18.